The van der Waals surface area contributed by atoms with Crippen LogP contribution < -0.4 is 5.32 Å². The summed E-state index contributed by atoms with van der Waals surface area (Å²) in [6.45, 7) is 1.33. The highest BCUT2D eigenvalue weighted by Crippen LogP contribution is 2.35. The summed E-state index contributed by atoms with van der Waals surface area (Å²) >= 11 is 5.54. The molecule has 0 atom stereocenters. The molecule has 13 heavy (non-hydrogen) atoms. The lowest BCUT2D eigenvalue weighted by molar-refractivity contribution is -0.114. The van der Waals surface area contributed by atoms with Gasteiger partial charge in [-0.1, -0.05) is 11.6 Å². The van der Waals surface area contributed by atoms with Crippen LogP contribution in [0.5, 0.6) is 11.5 Å². The summed E-state index contributed by atoms with van der Waals surface area (Å²) in [5, 5.41) is 20.6. The van der Waals surface area contributed by atoms with Crippen molar-refractivity contribution < 1.29 is 15.0 Å². The summed E-state index contributed by atoms with van der Waals surface area (Å²) in [5.74, 6) is -1.03. The van der Waals surface area contributed by atoms with Crippen molar-refractivity contribution in [2.75, 3.05) is 5.32 Å². The number of hydrogen-bond acceptors (Lipinski definition) is 3. The molecular formula is C8H8ClNO3. The molecule has 0 aliphatic rings. The Bertz CT molecular complexity index is 328. The van der Waals surface area contributed by atoms with Gasteiger partial charge in [-0.2, -0.15) is 0 Å². The summed E-state index contributed by atoms with van der Waals surface area (Å²) < 4.78 is 0. The number of anilines is 1. The number of carbonyl (C=O) groups is 1. The molecule has 0 aromatic heterocycles. The average molecular weight is 202 g/mol. The number of phenolic OH excluding ortho intramolecular Hbond substituents is 2. The Labute approximate surface area is 79.8 Å². The molecule has 0 bridgehead atoms. The zero-order valence-corrected chi connectivity index (χ0v) is 7.59. The fourth-order valence-corrected chi connectivity index (χ4v) is 1.07. The van der Waals surface area contributed by atoms with Crippen LogP contribution in [-0.2, 0) is 4.79 Å². The molecule has 0 unspecified atom stereocenters. The van der Waals surface area contributed by atoms with Crippen LogP contribution in [0.25, 0.3) is 0 Å². The van der Waals surface area contributed by atoms with Crippen LogP contribution in [0.3, 0.4) is 0 Å². The van der Waals surface area contributed by atoms with Gasteiger partial charge in [-0.15, -0.1) is 0 Å². The largest absolute Gasteiger partial charge is 0.504 e. The van der Waals surface area contributed by atoms with Crippen LogP contribution in [-0.4, -0.2) is 16.1 Å². The van der Waals surface area contributed by atoms with Gasteiger partial charge in [0.05, 0.1) is 5.02 Å². The van der Waals surface area contributed by atoms with E-state index in [1.807, 2.05) is 0 Å². The Morgan fingerprint density at radius 1 is 1.46 bits per heavy atom. The second kappa shape index (κ2) is 3.53. The van der Waals surface area contributed by atoms with Gasteiger partial charge in [-0.25, -0.2) is 0 Å². The molecule has 4 nitrogen and oxygen atoms in total. The highest BCUT2D eigenvalue weighted by atomic mass is 35.5. The molecule has 1 rings (SSSR count). The smallest absolute Gasteiger partial charge is 0.221 e. The molecule has 0 saturated heterocycles. The first-order chi connectivity index (χ1) is 6.00. The van der Waals surface area contributed by atoms with Gasteiger partial charge in [0.1, 0.15) is 0 Å². The summed E-state index contributed by atoms with van der Waals surface area (Å²) in [7, 11) is 0. The third-order valence-electron chi connectivity index (χ3n) is 1.36. The molecule has 1 aromatic carbocycles. The average Bonchev–Trinajstić information content (AvgIpc) is 1.98. The maximum atomic E-state index is 10.6. The van der Waals surface area contributed by atoms with Crippen molar-refractivity contribution in [1.29, 1.82) is 0 Å². The Balaban J connectivity index is 3.06. The number of rotatable bonds is 1. The fourth-order valence-electron chi connectivity index (χ4n) is 0.860. The molecule has 3 N–H and O–H groups in total. The first kappa shape index (κ1) is 9.67. The van der Waals surface area contributed by atoms with E-state index in [1.54, 1.807) is 0 Å². The zero-order chi connectivity index (χ0) is 10.0. The van der Waals surface area contributed by atoms with Crippen molar-refractivity contribution >= 4 is 23.2 Å². The van der Waals surface area contributed by atoms with Crippen LogP contribution in [0, 0.1) is 0 Å². The Hall–Kier alpha value is -1.42. The van der Waals surface area contributed by atoms with Gasteiger partial charge in [0.15, 0.2) is 11.5 Å². The predicted octanol–water partition coefficient (Wildman–Crippen LogP) is 1.71. The number of hydrogen-bond donors (Lipinski definition) is 3. The number of carbonyl (C=O) groups excluding carboxylic acids is 1. The Morgan fingerprint density at radius 2 is 2.08 bits per heavy atom. The molecule has 0 heterocycles. The van der Waals surface area contributed by atoms with Crippen molar-refractivity contribution in [3.8, 4) is 11.5 Å². The standard InChI is InChI=1S/C8H8ClNO3/c1-4(11)10-5-2-6(9)8(13)7(12)3-5/h2-3,12-13H,1H3,(H,10,11). The van der Waals surface area contributed by atoms with E-state index < -0.39 is 5.75 Å². The third-order valence-corrected chi connectivity index (χ3v) is 1.65. The number of nitrogens with one attached hydrogen (secondary N) is 1. The summed E-state index contributed by atoms with van der Waals surface area (Å²) in [4.78, 5) is 10.6. The van der Waals surface area contributed by atoms with Crippen LogP contribution in [0.4, 0.5) is 5.69 Å². The van der Waals surface area contributed by atoms with E-state index in [4.69, 9.17) is 21.8 Å². The van der Waals surface area contributed by atoms with Gasteiger partial charge in [-0.05, 0) is 6.07 Å². The quantitative estimate of drug-likeness (QED) is 0.479. The van der Waals surface area contributed by atoms with Gasteiger partial charge in [0.2, 0.25) is 5.91 Å². The summed E-state index contributed by atoms with van der Waals surface area (Å²) in [6.07, 6.45) is 0. The highest BCUT2D eigenvalue weighted by molar-refractivity contribution is 6.32. The lowest BCUT2D eigenvalue weighted by atomic mass is 10.2. The first-order valence-corrected chi connectivity index (χ1v) is 3.87. The number of aromatic hydroxyl groups is 2. The maximum Gasteiger partial charge on any atom is 0.221 e. The lowest BCUT2D eigenvalue weighted by Crippen LogP contribution is -2.05. The van der Waals surface area contributed by atoms with Crippen molar-refractivity contribution in [2.24, 2.45) is 0 Å². The maximum absolute atomic E-state index is 10.6. The molecule has 0 saturated carbocycles. The SMILES string of the molecule is CC(=O)Nc1cc(O)c(O)c(Cl)c1. The molecule has 1 amide bonds. The normalized spacial score (nSPS) is 9.69. The van der Waals surface area contributed by atoms with Gasteiger partial charge in [-0.3, -0.25) is 4.79 Å². The van der Waals surface area contributed by atoms with Gasteiger partial charge in [0, 0.05) is 18.7 Å². The van der Waals surface area contributed by atoms with Crippen molar-refractivity contribution in [1.82, 2.24) is 0 Å². The van der Waals surface area contributed by atoms with Crippen LogP contribution in [0.1, 0.15) is 6.92 Å². The number of halogens is 1. The molecular weight excluding hydrogens is 194 g/mol. The molecule has 0 aliphatic carbocycles. The molecule has 0 spiro atoms. The summed E-state index contributed by atoms with van der Waals surface area (Å²) in [6, 6.07) is 2.56. The van der Waals surface area contributed by atoms with E-state index in [2.05, 4.69) is 5.32 Å². The zero-order valence-electron chi connectivity index (χ0n) is 6.84. The number of amides is 1. The Morgan fingerprint density at radius 3 is 2.54 bits per heavy atom. The van der Waals surface area contributed by atoms with Gasteiger partial charge < -0.3 is 15.5 Å². The van der Waals surface area contributed by atoms with Crippen molar-refractivity contribution in [2.45, 2.75) is 6.92 Å². The first-order valence-electron chi connectivity index (χ1n) is 3.50. The number of benzene rings is 1. The fraction of sp³-hybridized carbons (Fsp3) is 0.125. The third kappa shape index (κ3) is 2.26. The topological polar surface area (TPSA) is 69.6 Å². The lowest BCUT2D eigenvalue weighted by Gasteiger charge is -2.05. The molecule has 0 radical (unpaired) electrons. The van der Waals surface area contributed by atoms with Crippen LogP contribution in [0.2, 0.25) is 5.02 Å². The van der Waals surface area contributed by atoms with Gasteiger partial charge >= 0.3 is 0 Å². The predicted molar refractivity (Wildman–Crippen MR) is 49.1 cm³/mol. The molecule has 1 aromatic rings. The molecule has 5 heteroatoms. The van der Waals surface area contributed by atoms with Crippen molar-refractivity contribution in [3.63, 3.8) is 0 Å². The van der Waals surface area contributed by atoms with E-state index >= 15 is 0 Å². The second-order valence-electron chi connectivity index (χ2n) is 2.51. The molecule has 0 aliphatic heterocycles. The minimum absolute atomic E-state index is 0.0104. The number of phenols is 2. The van der Waals surface area contributed by atoms with Crippen LogP contribution >= 0.6 is 11.6 Å². The molecule has 70 valence electrons. The minimum Gasteiger partial charge on any atom is -0.504 e. The molecule has 0 fully saturated rings. The van der Waals surface area contributed by atoms with Crippen LogP contribution in [0.15, 0.2) is 12.1 Å². The minimum atomic E-state index is -0.393. The van der Waals surface area contributed by atoms with E-state index in [1.165, 1.54) is 19.1 Å². The van der Waals surface area contributed by atoms with E-state index in [0.717, 1.165) is 0 Å². The summed E-state index contributed by atoms with van der Waals surface area (Å²) in [5.41, 5.74) is 0.341. The second-order valence-corrected chi connectivity index (χ2v) is 2.91. The monoisotopic (exact) mass is 201 g/mol. The van der Waals surface area contributed by atoms with E-state index in [0.29, 0.717) is 5.69 Å². The Kier molecular flexibility index (Phi) is 2.63. The van der Waals surface area contributed by atoms with E-state index in [9.17, 15) is 4.79 Å². The highest BCUT2D eigenvalue weighted by Gasteiger charge is 2.07. The van der Waals surface area contributed by atoms with E-state index in [-0.39, 0.29) is 16.7 Å². The van der Waals surface area contributed by atoms with Crippen molar-refractivity contribution in [3.05, 3.63) is 17.2 Å². The van der Waals surface area contributed by atoms with Gasteiger partial charge in [0.25, 0.3) is 0 Å².